The van der Waals surface area contributed by atoms with E-state index < -0.39 is 66.2 Å². The van der Waals surface area contributed by atoms with Crippen LogP contribution in [0.5, 0.6) is 0 Å². The van der Waals surface area contributed by atoms with E-state index >= 15 is 0 Å². The van der Waals surface area contributed by atoms with Gasteiger partial charge < -0.3 is 39.5 Å². The SMILES string of the molecule is CO[C@H]1C[C@H]2C=C[C@@H]3C[C@]2(O[C@H]3[C@H](OC(=O)c2ccc[nH]2)[C@H](C)[C@H](C)O)/C(C)=C/[C@@H](C)[C@@H]([C@@H](C)OC(N)=O)OC1=O. The monoisotopic (exact) mass is 574 g/mol. The minimum Gasteiger partial charge on any atom is -0.456 e. The number of aliphatic hydroxyl groups is 1. The number of carbonyl (C=O) groups excluding carboxylic acids is 3. The van der Waals surface area contributed by atoms with Gasteiger partial charge >= 0.3 is 18.0 Å². The number of nitrogens with two attached hydrogens (primary N) is 1. The number of carbonyl (C=O) groups is 3. The summed E-state index contributed by atoms with van der Waals surface area (Å²) in [4.78, 5) is 40.6. The van der Waals surface area contributed by atoms with Gasteiger partial charge in [-0.15, -0.1) is 0 Å². The molecule has 1 saturated heterocycles. The Morgan fingerprint density at radius 3 is 2.54 bits per heavy atom. The van der Waals surface area contributed by atoms with Crippen molar-refractivity contribution >= 4 is 18.0 Å². The Labute approximate surface area is 240 Å². The van der Waals surface area contributed by atoms with Gasteiger partial charge in [-0.3, -0.25) is 0 Å². The van der Waals surface area contributed by atoms with Crippen LogP contribution in [0.25, 0.3) is 0 Å². The van der Waals surface area contributed by atoms with E-state index in [1.165, 1.54) is 7.11 Å². The molecular formula is C30H42N2O9. The van der Waals surface area contributed by atoms with Gasteiger partial charge in [0.1, 0.15) is 30.1 Å². The van der Waals surface area contributed by atoms with Gasteiger partial charge in [0.25, 0.3) is 0 Å². The maximum Gasteiger partial charge on any atom is 0.404 e. The van der Waals surface area contributed by atoms with Crippen molar-refractivity contribution in [2.45, 2.75) is 89.7 Å². The van der Waals surface area contributed by atoms with E-state index in [0.717, 1.165) is 5.57 Å². The molecule has 1 aromatic rings. The summed E-state index contributed by atoms with van der Waals surface area (Å²) in [6, 6.07) is 3.35. The second kappa shape index (κ2) is 12.4. The Morgan fingerprint density at radius 1 is 1.20 bits per heavy atom. The third-order valence-corrected chi connectivity index (χ3v) is 8.89. The van der Waals surface area contributed by atoms with E-state index in [4.69, 9.17) is 29.4 Å². The topological polar surface area (TPSA) is 159 Å². The zero-order chi connectivity index (χ0) is 30.1. The van der Waals surface area contributed by atoms with Crippen molar-refractivity contribution in [3.63, 3.8) is 0 Å². The van der Waals surface area contributed by atoms with Crippen molar-refractivity contribution < 1.29 is 43.2 Å². The Bertz CT molecular complexity index is 1160. The van der Waals surface area contributed by atoms with E-state index in [9.17, 15) is 19.5 Å². The molecular weight excluding hydrogens is 532 g/mol. The summed E-state index contributed by atoms with van der Waals surface area (Å²) in [5.41, 5.74) is 5.64. The molecule has 1 aromatic heterocycles. The summed E-state index contributed by atoms with van der Waals surface area (Å²) in [5.74, 6) is -2.27. The quantitative estimate of drug-likeness (QED) is 0.241. The number of hydrogen-bond donors (Lipinski definition) is 3. The number of hydrogen-bond acceptors (Lipinski definition) is 9. The lowest BCUT2D eigenvalue weighted by Gasteiger charge is -2.41. The molecule has 1 aliphatic carbocycles. The zero-order valence-corrected chi connectivity index (χ0v) is 24.4. The Hall–Kier alpha value is -3.15. The van der Waals surface area contributed by atoms with E-state index in [-0.39, 0.29) is 24.2 Å². The highest BCUT2D eigenvalue weighted by Gasteiger charge is 2.57. The van der Waals surface area contributed by atoms with E-state index in [1.807, 2.05) is 32.9 Å². The van der Waals surface area contributed by atoms with Crippen molar-refractivity contribution in [3.8, 4) is 0 Å². The number of rotatable bonds is 8. The molecule has 11 nitrogen and oxygen atoms in total. The molecule has 2 bridgehead atoms. The first-order chi connectivity index (χ1) is 19.4. The molecule has 11 atom stereocenters. The lowest BCUT2D eigenvalue weighted by molar-refractivity contribution is -0.172. The minimum absolute atomic E-state index is 0.114. The molecule has 2 aliphatic heterocycles. The molecule has 0 radical (unpaired) electrons. The molecule has 4 N–H and O–H groups in total. The smallest absolute Gasteiger partial charge is 0.404 e. The maximum absolute atomic E-state index is 13.2. The fourth-order valence-corrected chi connectivity index (χ4v) is 6.45. The number of primary amides is 1. The zero-order valence-electron chi connectivity index (χ0n) is 24.4. The predicted molar refractivity (Wildman–Crippen MR) is 148 cm³/mol. The third kappa shape index (κ3) is 6.22. The number of cyclic esters (lactones) is 1. The minimum atomic E-state index is -0.963. The van der Waals surface area contributed by atoms with Gasteiger partial charge in [-0.1, -0.05) is 32.1 Å². The van der Waals surface area contributed by atoms with Gasteiger partial charge in [0.2, 0.25) is 0 Å². The summed E-state index contributed by atoms with van der Waals surface area (Å²) in [6.07, 6.45) is 3.03. The van der Waals surface area contributed by atoms with Crippen molar-refractivity contribution in [2.75, 3.05) is 7.11 Å². The Balaban J connectivity index is 1.73. The van der Waals surface area contributed by atoms with Gasteiger partial charge in [0.05, 0.1) is 11.7 Å². The molecule has 1 fully saturated rings. The number of aromatic nitrogens is 1. The van der Waals surface area contributed by atoms with Gasteiger partial charge in [0.15, 0.2) is 6.10 Å². The summed E-state index contributed by atoms with van der Waals surface area (Å²) < 4.78 is 29.6. The number of methoxy groups -OCH3 is 1. The van der Waals surface area contributed by atoms with Crippen LogP contribution >= 0.6 is 0 Å². The highest BCUT2D eigenvalue weighted by molar-refractivity contribution is 5.87. The van der Waals surface area contributed by atoms with Gasteiger partial charge in [-0.05, 0) is 51.3 Å². The first-order valence-corrected chi connectivity index (χ1v) is 14.1. The van der Waals surface area contributed by atoms with E-state index in [1.54, 1.807) is 32.2 Å². The summed E-state index contributed by atoms with van der Waals surface area (Å²) in [5, 5.41) is 10.5. The first-order valence-electron chi connectivity index (χ1n) is 14.1. The second-order valence-corrected chi connectivity index (χ2v) is 11.6. The Kier molecular flexibility index (Phi) is 9.30. The largest absolute Gasteiger partial charge is 0.456 e. The molecule has 1 amide bonds. The molecule has 3 aliphatic rings. The molecule has 0 unspecified atom stereocenters. The van der Waals surface area contributed by atoms with E-state index in [2.05, 4.69) is 11.1 Å². The van der Waals surface area contributed by atoms with Gasteiger partial charge in [0, 0.05) is 37.0 Å². The highest BCUT2D eigenvalue weighted by atomic mass is 16.6. The number of nitrogens with one attached hydrogen (secondary N) is 1. The molecule has 4 rings (SSSR count). The Morgan fingerprint density at radius 2 is 1.93 bits per heavy atom. The summed E-state index contributed by atoms with van der Waals surface area (Å²) in [6.45, 7) is 8.97. The van der Waals surface area contributed by atoms with Crippen LogP contribution in [0.2, 0.25) is 0 Å². The van der Waals surface area contributed by atoms with Crippen molar-refractivity contribution in [2.24, 2.45) is 29.4 Å². The molecule has 1 spiro atoms. The average Bonchev–Trinajstić information content (AvgIpc) is 3.56. The van der Waals surface area contributed by atoms with Crippen LogP contribution in [0.15, 0.2) is 42.1 Å². The number of aromatic amines is 1. The predicted octanol–water partition coefficient (Wildman–Crippen LogP) is 3.28. The maximum atomic E-state index is 13.2. The summed E-state index contributed by atoms with van der Waals surface area (Å²) >= 11 is 0. The van der Waals surface area contributed by atoms with Crippen LogP contribution in [-0.2, 0) is 28.5 Å². The molecule has 226 valence electrons. The average molecular weight is 575 g/mol. The number of aliphatic hydroxyl groups excluding tert-OH is 1. The second-order valence-electron chi connectivity index (χ2n) is 11.6. The van der Waals surface area contributed by atoms with Crippen LogP contribution in [0.3, 0.4) is 0 Å². The molecule has 3 heterocycles. The van der Waals surface area contributed by atoms with Gasteiger partial charge in [-0.2, -0.15) is 0 Å². The number of amides is 1. The van der Waals surface area contributed by atoms with Crippen LogP contribution in [0, 0.1) is 23.7 Å². The number of H-pyrrole nitrogens is 1. The van der Waals surface area contributed by atoms with E-state index in [0.29, 0.717) is 12.1 Å². The fraction of sp³-hybridized carbons (Fsp3) is 0.633. The van der Waals surface area contributed by atoms with Crippen molar-refractivity contribution in [1.82, 2.24) is 4.98 Å². The summed E-state index contributed by atoms with van der Waals surface area (Å²) in [7, 11) is 1.45. The van der Waals surface area contributed by atoms with Crippen LogP contribution < -0.4 is 5.73 Å². The molecule has 0 aromatic carbocycles. The lowest BCUT2D eigenvalue weighted by atomic mass is 9.69. The third-order valence-electron chi connectivity index (χ3n) is 8.89. The molecule has 41 heavy (non-hydrogen) atoms. The lowest BCUT2D eigenvalue weighted by Crippen LogP contribution is -2.48. The fourth-order valence-electron chi connectivity index (χ4n) is 6.45. The number of ether oxygens (including phenoxy) is 5. The normalized spacial score (nSPS) is 35.6. The van der Waals surface area contributed by atoms with Crippen LogP contribution in [0.1, 0.15) is 57.9 Å². The number of fused-ring (bicyclic) bond motifs is 1. The van der Waals surface area contributed by atoms with Crippen LogP contribution in [-0.4, -0.2) is 77.5 Å². The number of esters is 2. The standard InChI is InChI=1S/C30H42N2O9/c1-15-12-16(2)30-14-20(26(41-30)25(17(3)18(4)33)40-27(34)22-8-7-11-32-22)9-10-21(30)13-23(37-6)28(35)39-24(15)19(5)38-29(31)36/h7-12,15,17-21,23-26,32-33H,13-14H2,1-6H3,(H2,31,36)/b16-12+/t15-,17-,18+,19-,20-,21-,23+,24+,25-,26-,30+/m1/s1. The van der Waals surface area contributed by atoms with Crippen molar-refractivity contribution in [1.29, 1.82) is 0 Å². The first kappa shape index (κ1) is 30.8. The highest BCUT2D eigenvalue weighted by Crippen LogP contribution is 2.53. The van der Waals surface area contributed by atoms with Crippen LogP contribution in [0.4, 0.5) is 4.79 Å². The molecule has 0 saturated carbocycles. The van der Waals surface area contributed by atoms with Crippen molar-refractivity contribution in [3.05, 3.63) is 47.8 Å². The van der Waals surface area contributed by atoms with Gasteiger partial charge in [-0.25, -0.2) is 14.4 Å². The molecule has 11 heteroatoms.